The van der Waals surface area contributed by atoms with Gasteiger partial charge in [-0.3, -0.25) is 4.57 Å². The number of furan rings is 1. The number of nitrogens with zero attached hydrogens (tertiary/aromatic N) is 5. The fourth-order valence-corrected chi connectivity index (χ4v) is 5.42. The smallest absolute Gasteiger partial charge is 0.204 e. The van der Waals surface area contributed by atoms with Crippen molar-refractivity contribution in [3.63, 3.8) is 0 Å². The molecule has 37 heavy (non-hydrogen) atoms. The number of aryl methyl sites for hydroxylation is 1. The van der Waals surface area contributed by atoms with Gasteiger partial charge in [-0.1, -0.05) is 6.07 Å². The molecule has 0 aliphatic carbocycles. The number of para-hydroxylation sites is 1. The van der Waals surface area contributed by atoms with E-state index in [9.17, 15) is 17.9 Å². The molecular weight excluding hydrogens is 505 g/mol. The quantitative estimate of drug-likeness (QED) is 0.342. The van der Waals surface area contributed by atoms with E-state index in [0.717, 1.165) is 12.4 Å². The molecule has 4 rings (SSSR count). The zero-order valence-electron chi connectivity index (χ0n) is 20.8. The average Bonchev–Trinajstić information content (AvgIpc) is 3.48. The summed E-state index contributed by atoms with van der Waals surface area (Å²) in [7, 11) is -1.18. The number of halogens is 1. The van der Waals surface area contributed by atoms with Gasteiger partial charge in [-0.2, -0.15) is 0 Å². The van der Waals surface area contributed by atoms with Gasteiger partial charge in [-0.25, -0.2) is 22.8 Å². The van der Waals surface area contributed by atoms with Gasteiger partial charge >= 0.3 is 0 Å². The van der Waals surface area contributed by atoms with Crippen LogP contribution in [0.15, 0.2) is 47.1 Å². The van der Waals surface area contributed by atoms with Crippen LogP contribution in [0.2, 0.25) is 0 Å². The van der Waals surface area contributed by atoms with Gasteiger partial charge in [0.2, 0.25) is 5.82 Å². The number of benzene rings is 1. The molecule has 0 spiro atoms. The van der Waals surface area contributed by atoms with E-state index >= 15 is 0 Å². The first-order valence-electron chi connectivity index (χ1n) is 11.1. The van der Waals surface area contributed by atoms with Gasteiger partial charge in [0.05, 0.1) is 31.9 Å². The van der Waals surface area contributed by atoms with Crippen LogP contribution in [0.5, 0.6) is 11.5 Å². The highest BCUT2D eigenvalue weighted by atomic mass is 32.2. The molecule has 0 saturated carbocycles. The van der Waals surface area contributed by atoms with E-state index in [4.69, 9.17) is 13.9 Å². The summed E-state index contributed by atoms with van der Waals surface area (Å²) >= 11 is 0. The molecule has 13 heteroatoms. The Hall–Kier alpha value is -3.84. The second-order valence-corrected chi connectivity index (χ2v) is 10.8. The van der Waals surface area contributed by atoms with Crippen molar-refractivity contribution in [2.24, 2.45) is 0 Å². The summed E-state index contributed by atoms with van der Waals surface area (Å²) in [5, 5.41) is 18.1. The highest BCUT2D eigenvalue weighted by Gasteiger charge is 2.42. The van der Waals surface area contributed by atoms with E-state index in [0.29, 0.717) is 28.7 Å². The van der Waals surface area contributed by atoms with E-state index in [2.05, 4.69) is 20.2 Å². The Morgan fingerprint density at radius 2 is 1.73 bits per heavy atom. The highest BCUT2D eigenvalue weighted by Crippen LogP contribution is 2.37. The standard InChI is InChI=1S/C24H26FN5O6S/c1-14-9-10-19(36-14)22-29-28-20(30(22)21-17(34-4)7-6-8-18(21)35-5)13-37(32,33)15(2)24(3,31)23-26-11-16(25)12-27-23/h6-12,15,31H,13H2,1-5H3/t15-,24+/m1/s1. The number of aliphatic hydroxyl groups is 1. The van der Waals surface area contributed by atoms with E-state index in [-0.39, 0.29) is 17.5 Å². The predicted octanol–water partition coefficient (Wildman–Crippen LogP) is 2.99. The lowest BCUT2D eigenvalue weighted by Gasteiger charge is -2.28. The van der Waals surface area contributed by atoms with Crippen molar-refractivity contribution < 1.29 is 31.8 Å². The topological polar surface area (TPSA) is 142 Å². The van der Waals surface area contributed by atoms with Gasteiger partial charge in [0, 0.05) is 0 Å². The van der Waals surface area contributed by atoms with Crippen LogP contribution in [0, 0.1) is 12.7 Å². The summed E-state index contributed by atoms with van der Waals surface area (Å²) in [6.45, 7) is 4.34. The lowest BCUT2D eigenvalue weighted by atomic mass is 10.0. The fourth-order valence-electron chi connectivity index (χ4n) is 3.82. The minimum atomic E-state index is -4.12. The summed E-state index contributed by atoms with van der Waals surface area (Å²) in [5.74, 6) is 0.399. The molecule has 1 N–H and O–H groups in total. The van der Waals surface area contributed by atoms with Gasteiger partial charge < -0.3 is 19.0 Å². The first kappa shape index (κ1) is 26.2. The molecule has 11 nitrogen and oxygen atoms in total. The van der Waals surface area contributed by atoms with Crippen molar-refractivity contribution in [1.82, 2.24) is 24.7 Å². The zero-order valence-corrected chi connectivity index (χ0v) is 21.7. The molecule has 0 unspecified atom stereocenters. The third-order valence-corrected chi connectivity index (χ3v) is 8.25. The number of rotatable bonds is 9. The van der Waals surface area contributed by atoms with Crippen molar-refractivity contribution in [1.29, 1.82) is 0 Å². The molecule has 0 saturated heterocycles. The van der Waals surface area contributed by atoms with Crippen molar-refractivity contribution in [2.75, 3.05) is 14.2 Å². The second kappa shape index (κ2) is 9.90. The molecule has 1 aromatic carbocycles. The first-order valence-corrected chi connectivity index (χ1v) is 12.9. The van der Waals surface area contributed by atoms with Crippen molar-refractivity contribution in [3.8, 4) is 28.8 Å². The van der Waals surface area contributed by atoms with E-state index in [1.165, 1.54) is 32.6 Å². The second-order valence-electron chi connectivity index (χ2n) is 8.52. The monoisotopic (exact) mass is 531 g/mol. The molecule has 2 atom stereocenters. The Morgan fingerprint density at radius 1 is 1.11 bits per heavy atom. The maximum atomic E-state index is 13.6. The van der Waals surface area contributed by atoms with Gasteiger partial charge in [0.25, 0.3) is 0 Å². The lowest BCUT2D eigenvalue weighted by molar-refractivity contribution is 0.0467. The fraction of sp³-hybridized carbons (Fsp3) is 0.333. The first-order chi connectivity index (χ1) is 17.5. The van der Waals surface area contributed by atoms with Crippen LogP contribution in [0.4, 0.5) is 4.39 Å². The molecule has 3 heterocycles. The van der Waals surface area contributed by atoms with E-state index in [1.807, 2.05) is 0 Å². The Balaban J connectivity index is 1.84. The largest absolute Gasteiger partial charge is 0.494 e. The van der Waals surface area contributed by atoms with Crippen molar-refractivity contribution >= 4 is 9.84 Å². The number of sulfone groups is 1. The third kappa shape index (κ3) is 4.91. The van der Waals surface area contributed by atoms with Gasteiger partial charge in [-0.05, 0) is 45.0 Å². The summed E-state index contributed by atoms with van der Waals surface area (Å²) in [4.78, 5) is 7.54. The lowest BCUT2D eigenvalue weighted by Crippen LogP contribution is -2.42. The van der Waals surface area contributed by atoms with Crippen LogP contribution in [0.1, 0.15) is 31.3 Å². The Bertz CT molecular complexity index is 1490. The number of methoxy groups -OCH3 is 2. The molecule has 0 fully saturated rings. The number of hydrogen-bond acceptors (Lipinski definition) is 10. The van der Waals surface area contributed by atoms with Crippen molar-refractivity contribution in [3.05, 3.63) is 66.0 Å². The summed E-state index contributed by atoms with van der Waals surface area (Å²) < 4.78 is 58.8. The molecule has 196 valence electrons. The summed E-state index contributed by atoms with van der Waals surface area (Å²) in [6.07, 6.45) is 1.72. The predicted molar refractivity (Wildman–Crippen MR) is 131 cm³/mol. The van der Waals surface area contributed by atoms with Crippen LogP contribution in [0.25, 0.3) is 17.3 Å². The van der Waals surface area contributed by atoms with Gasteiger partial charge in [-0.15, -0.1) is 10.2 Å². The molecule has 0 amide bonds. The molecule has 3 aromatic heterocycles. The minimum Gasteiger partial charge on any atom is -0.494 e. The van der Waals surface area contributed by atoms with E-state index in [1.54, 1.807) is 37.3 Å². The Kier molecular flexibility index (Phi) is 7.02. The number of aromatic nitrogens is 5. The molecule has 0 aliphatic rings. The Morgan fingerprint density at radius 3 is 2.27 bits per heavy atom. The highest BCUT2D eigenvalue weighted by molar-refractivity contribution is 7.91. The van der Waals surface area contributed by atoms with Crippen LogP contribution in [-0.4, -0.2) is 57.7 Å². The van der Waals surface area contributed by atoms with Gasteiger partial charge in [0.1, 0.15) is 34.3 Å². The summed E-state index contributed by atoms with van der Waals surface area (Å²) in [6, 6.07) is 8.53. The van der Waals surface area contributed by atoms with Gasteiger partial charge in [0.15, 0.2) is 33.1 Å². The molecule has 0 aliphatic heterocycles. The van der Waals surface area contributed by atoms with Crippen LogP contribution in [0.3, 0.4) is 0 Å². The maximum Gasteiger partial charge on any atom is 0.204 e. The number of hydrogen-bond donors (Lipinski definition) is 1. The van der Waals surface area contributed by atoms with E-state index < -0.39 is 32.3 Å². The minimum absolute atomic E-state index is 0.0227. The average molecular weight is 532 g/mol. The number of ether oxygens (including phenoxy) is 2. The molecule has 0 bridgehead atoms. The van der Waals surface area contributed by atoms with Crippen LogP contribution >= 0.6 is 0 Å². The third-order valence-electron chi connectivity index (χ3n) is 6.05. The normalized spacial score (nSPS) is 14.2. The molecule has 0 radical (unpaired) electrons. The van der Waals surface area contributed by atoms with Crippen LogP contribution in [-0.2, 0) is 21.2 Å². The zero-order chi connectivity index (χ0) is 27.0. The molecular formula is C24H26FN5O6S. The molecule has 4 aromatic rings. The van der Waals surface area contributed by atoms with Crippen LogP contribution < -0.4 is 9.47 Å². The Labute approximate surface area is 212 Å². The maximum absolute atomic E-state index is 13.6. The summed E-state index contributed by atoms with van der Waals surface area (Å²) in [5.41, 5.74) is -1.66. The van der Waals surface area contributed by atoms with Crippen molar-refractivity contribution in [2.45, 2.75) is 37.4 Å². The SMILES string of the molecule is COc1cccc(OC)c1-n1c(CS(=O)(=O)[C@H](C)[C@](C)(O)c2ncc(F)cn2)nnc1-c1ccc(C)o1.